The zero-order chi connectivity index (χ0) is 11.5. The van der Waals surface area contributed by atoms with Crippen molar-refractivity contribution in [2.24, 2.45) is 5.92 Å². The molecule has 0 spiro atoms. The zero-order valence-electron chi connectivity index (χ0n) is 9.56. The standard InChI is InChI=1S/C13H18ClNO/c1-15(9-11-6-13(16)7-11)8-10-2-4-12(14)5-3-10/h2-5,11,13,16H,6-9H2,1H3. The fourth-order valence-electron chi connectivity index (χ4n) is 2.26. The molecule has 0 aromatic heterocycles. The Morgan fingerprint density at radius 2 is 1.94 bits per heavy atom. The Balaban J connectivity index is 1.78. The number of rotatable bonds is 4. The van der Waals surface area contributed by atoms with Gasteiger partial charge in [0.15, 0.2) is 0 Å². The number of halogens is 1. The van der Waals surface area contributed by atoms with Crippen LogP contribution in [0.1, 0.15) is 18.4 Å². The molecule has 0 aliphatic heterocycles. The summed E-state index contributed by atoms with van der Waals surface area (Å²) in [5.41, 5.74) is 1.28. The quantitative estimate of drug-likeness (QED) is 0.873. The van der Waals surface area contributed by atoms with E-state index in [9.17, 15) is 5.11 Å². The number of benzene rings is 1. The van der Waals surface area contributed by atoms with E-state index in [0.29, 0.717) is 5.92 Å². The Morgan fingerprint density at radius 3 is 2.50 bits per heavy atom. The lowest BCUT2D eigenvalue weighted by molar-refractivity contribution is 0.0274. The fraction of sp³-hybridized carbons (Fsp3) is 0.538. The molecule has 1 aliphatic carbocycles. The first kappa shape index (κ1) is 11.9. The van der Waals surface area contributed by atoms with E-state index in [-0.39, 0.29) is 6.10 Å². The molecule has 0 amide bonds. The summed E-state index contributed by atoms with van der Waals surface area (Å²) in [6, 6.07) is 7.98. The Kier molecular flexibility index (Phi) is 3.85. The van der Waals surface area contributed by atoms with Gasteiger partial charge in [-0.2, -0.15) is 0 Å². The topological polar surface area (TPSA) is 23.5 Å². The van der Waals surface area contributed by atoms with Crippen LogP contribution in [0, 0.1) is 5.92 Å². The number of hydrogen-bond acceptors (Lipinski definition) is 2. The van der Waals surface area contributed by atoms with Crippen LogP contribution in [0.5, 0.6) is 0 Å². The van der Waals surface area contributed by atoms with E-state index in [0.717, 1.165) is 31.0 Å². The molecule has 2 rings (SSSR count). The Morgan fingerprint density at radius 1 is 1.31 bits per heavy atom. The summed E-state index contributed by atoms with van der Waals surface area (Å²) in [6.07, 6.45) is 1.88. The van der Waals surface area contributed by atoms with Crippen LogP contribution in [-0.2, 0) is 6.54 Å². The van der Waals surface area contributed by atoms with Crippen molar-refractivity contribution in [2.75, 3.05) is 13.6 Å². The van der Waals surface area contributed by atoms with Gasteiger partial charge < -0.3 is 10.0 Å². The molecule has 1 N–H and O–H groups in total. The molecule has 1 aromatic rings. The summed E-state index contributed by atoms with van der Waals surface area (Å²) >= 11 is 5.84. The summed E-state index contributed by atoms with van der Waals surface area (Å²) in [7, 11) is 2.12. The zero-order valence-corrected chi connectivity index (χ0v) is 10.3. The minimum Gasteiger partial charge on any atom is -0.393 e. The summed E-state index contributed by atoms with van der Waals surface area (Å²) < 4.78 is 0. The van der Waals surface area contributed by atoms with E-state index >= 15 is 0 Å². The summed E-state index contributed by atoms with van der Waals surface area (Å²) in [5, 5.41) is 10.0. The molecular weight excluding hydrogens is 222 g/mol. The second-order valence-corrected chi connectivity index (χ2v) is 5.25. The van der Waals surface area contributed by atoms with Crippen LogP contribution in [0.4, 0.5) is 0 Å². The van der Waals surface area contributed by atoms with Crippen molar-refractivity contribution in [3.8, 4) is 0 Å². The number of hydrogen-bond donors (Lipinski definition) is 1. The molecule has 1 aliphatic rings. The van der Waals surface area contributed by atoms with Crippen LogP contribution < -0.4 is 0 Å². The second kappa shape index (κ2) is 5.17. The fourth-order valence-corrected chi connectivity index (χ4v) is 2.38. The van der Waals surface area contributed by atoms with Crippen molar-refractivity contribution in [3.05, 3.63) is 34.9 Å². The lowest BCUT2D eigenvalue weighted by Crippen LogP contribution is -2.36. The normalized spacial score (nSPS) is 24.5. The first-order valence-electron chi connectivity index (χ1n) is 5.74. The van der Waals surface area contributed by atoms with Gasteiger partial charge in [0.25, 0.3) is 0 Å². The molecule has 0 unspecified atom stereocenters. The van der Waals surface area contributed by atoms with Crippen LogP contribution in [0.2, 0.25) is 5.02 Å². The third-order valence-corrected chi connectivity index (χ3v) is 3.40. The Labute approximate surface area is 102 Å². The highest BCUT2D eigenvalue weighted by Crippen LogP contribution is 2.27. The lowest BCUT2D eigenvalue weighted by Gasteiger charge is -2.34. The molecular formula is C13H18ClNO. The van der Waals surface area contributed by atoms with Crippen molar-refractivity contribution in [2.45, 2.75) is 25.5 Å². The largest absolute Gasteiger partial charge is 0.393 e. The van der Waals surface area contributed by atoms with Gasteiger partial charge in [-0.1, -0.05) is 23.7 Å². The van der Waals surface area contributed by atoms with Crippen molar-refractivity contribution in [1.29, 1.82) is 0 Å². The van der Waals surface area contributed by atoms with Crippen LogP contribution in [0.3, 0.4) is 0 Å². The molecule has 1 saturated carbocycles. The van der Waals surface area contributed by atoms with Crippen LogP contribution in [0.25, 0.3) is 0 Å². The van der Waals surface area contributed by atoms with Gasteiger partial charge in [-0.05, 0) is 43.5 Å². The van der Waals surface area contributed by atoms with E-state index in [4.69, 9.17) is 11.6 Å². The summed E-state index contributed by atoms with van der Waals surface area (Å²) in [4.78, 5) is 2.31. The molecule has 1 aromatic carbocycles. The lowest BCUT2D eigenvalue weighted by atomic mass is 9.82. The second-order valence-electron chi connectivity index (χ2n) is 4.81. The van der Waals surface area contributed by atoms with Gasteiger partial charge in [0, 0.05) is 18.1 Å². The highest BCUT2D eigenvalue weighted by molar-refractivity contribution is 6.30. The van der Waals surface area contributed by atoms with E-state index in [1.807, 2.05) is 12.1 Å². The van der Waals surface area contributed by atoms with Gasteiger partial charge in [-0.15, -0.1) is 0 Å². The smallest absolute Gasteiger partial charge is 0.0546 e. The molecule has 16 heavy (non-hydrogen) atoms. The molecule has 88 valence electrons. The maximum Gasteiger partial charge on any atom is 0.0546 e. The highest BCUT2D eigenvalue weighted by atomic mass is 35.5. The molecule has 0 heterocycles. The van der Waals surface area contributed by atoms with Crippen molar-refractivity contribution in [1.82, 2.24) is 4.90 Å². The predicted octanol–water partition coefficient (Wildman–Crippen LogP) is 2.54. The number of aliphatic hydroxyl groups excluding tert-OH is 1. The van der Waals surface area contributed by atoms with Gasteiger partial charge in [-0.3, -0.25) is 0 Å². The van der Waals surface area contributed by atoms with Crippen LogP contribution in [-0.4, -0.2) is 29.7 Å². The van der Waals surface area contributed by atoms with Gasteiger partial charge >= 0.3 is 0 Å². The molecule has 3 heteroatoms. The Hall–Kier alpha value is -0.570. The summed E-state index contributed by atoms with van der Waals surface area (Å²) in [5.74, 6) is 0.673. The SMILES string of the molecule is CN(Cc1ccc(Cl)cc1)CC1CC(O)C1. The molecule has 1 fully saturated rings. The third kappa shape index (κ3) is 3.21. The maximum absolute atomic E-state index is 9.22. The number of aliphatic hydroxyl groups is 1. The maximum atomic E-state index is 9.22. The monoisotopic (exact) mass is 239 g/mol. The molecule has 0 bridgehead atoms. The number of nitrogens with zero attached hydrogens (tertiary/aromatic N) is 1. The molecule has 0 radical (unpaired) electrons. The first-order chi connectivity index (χ1) is 7.63. The van der Waals surface area contributed by atoms with Crippen molar-refractivity contribution < 1.29 is 5.11 Å². The molecule has 0 atom stereocenters. The predicted molar refractivity (Wildman–Crippen MR) is 66.5 cm³/mol. The van der Waals surface area contributed by atoms with Gasteiger partial charge in [0.2, 0.25) is 0 Å². The van der Waals surface area contributed by atoms with Gasteiger partial charge in [-0.25, -0.2) is 0 Å². The highest BCUT2D eigenvalue weighted by Gasteiger charge is 2.27. The minimum atomic E-state index is -0.0473. The van der Waals surface area contributed by atoms with Crippen LogP contribution >= 0.6 is 11.6 Å². The van der Waals surface area contributed by atoms with E-state index in [2.05, 4.69) is 24.1 Å². The molecule has 2 nitrogen and oxygen atoms in total. The van der Waals surface area contributed by atoms with Gasteiger partial charge in [0.05, 0.1) is 6.10 Å². The minimum absolute atomic E-state index is 0.0473. The van der Waals surface area contributed by atoms with E-state index in [1.165, 1.54) is 5.56 Å². The van der Waals surface area contributed by atoms with Crippen molar-refractivity contribution in [3.63, 3.8) is 0 Å². The van der Waals surface area contributed by atoms with Crippen molar-refractivity contribution >= 4 is 11.6 Å². The first-order valence-corrected chi connectivity index (χ1v) is 6.12. The average Bonchev–Trinajstić information content (AvgIpc) is 2.19. The van der Waals surface area contributed by atoms with Gasteiger partial charge in [0.1, 0.15) is 0 Å². The van der Waals surface area contributed by atoms with E-state index in [1.54, 1.807) is 0 Å². The Bertz CT molecular complexity index is 332. The third-order valence-electron chi connectivity index (χ3n) is 3.15. The summed E-state index contributed by atoms with van der Waals surface area (Å²) in [6.45, 7) is 2.02. The van der Waals surface area contributed by atoms with Crippen LogP contribution in [0.15, 0.2) is 24.3 Å². The van der Waals surface area contributed by atoms with E-state index < -0.39 is 0 Å². The molecule has 0 saturated heterocycles. The average molecular weight is 240 g/mol.